The lowest BCUT2D eigenvalue weighted by Crippen LogP contribution is -1.85. The Morgan fingerprint density at radius 2 is 1.29 bits per heavy atom. The van der Waals surface area contributed by atoms with E-state index in [0.717, 1.165) is 0 Å². The Balaban J connectivity index is 0.000000110. The van der Waals surface area contributed by atoms with Crippen molar-refractivity contribution in [2.24, 2.45) is 5.73 Å². The molecule has 1 saturated carbocycles. The Bertz CT molecular complexity index is 33.4. The molecular weight excluding hydrogens is 86.1 g/mol. The minimum Gasteiger partial charge on any atom is -0.405 e. The van der Waals surface area contributed by atoms with Crippen molar-refractivity contribution in [2.75, 3.05) is 0 Å². The van der Waals surface area contributed by atoms with E-state index in [0.29, 0.717) is 0 Å². The van der Waals surface area contributed by atoms with Gasteiger partial charge in [-0.1, -0.05) is 32.3 Å². The fourth-order valence-corrected chi connectivity index (χ4v) is 0.250. The summed E-state index contributed by atoms with van der Waals surface area (Å²) in [4.78, 5) is 0. The van der Waals surface area contributed by atoms with Crippen molar-refractivity contribution < 1.29 is 0 Å². The van der Waals surface area contributed by atoms with E-state index in [4.69, 9.17) is 0 Å². The molecule has 7 heavy (non-hydrogen) atoms. The molecule has 1 rings (SSSR count). The maximum atomic E-state index is 4.61. The summed E-state index contributed by atoms with van der Waals surface area (Å²) in [6, 6.07) is 0. The van der Waals surface area contributed by atoms with Crippen LogP contribution < -0.4 is 5.73 Å². The zero-order chi connectivity index (χ0) is 5.54. The van der Waals surface area contributed by atoms with Crippen molar-refractivity contribution in [2.45, 2.75) is 25.7 Å². The molecule has 2 N–H and O–H groups in total. The molecule has 0 amide bonds. The summed E-state index contributed by atoms with van der Waals surface area (Å²) in [5.41, 5.74) is 4.61. The van der Waals surface area contributed by atoms with Crippen LogP contribution in [0.3, 0.4) is 0 Å². The number of hydrogen-bond donors (Lipinski definition) is 1. The van der Waals surface area contributed by atoms with Crippen LogP contribution in [0.5, 0.6) is 0 Å². The quantitative estimate of drug-likeness (QED) is 0.491. The van der Waals surface area contributed by atoms with Crippen molar-refractivity contribution in [3.8, 4) is 0 Å². The Morgan fingerprint density at radius 1 is 1.14 bits per heavy atom. The van der Waals surface area contributed by atoms with Crippen LogP contribution in [0.15, 0.2) is 12.8 Å². The summed E-state index contributed by atoms with van der Waals surface area (Å²) in [7, 11) is 0. The Morgan fingerprint density at radius 3 is 1.29 bits per heavy atom. The molecular formula is C6H13N. The third-order valence-electron chi connectivity index (χ3n) is 1.000. The third-order valence-corrected chi connectivity index (χ3v) is 1.000. The van der Waals surface area contributed by atoms with E-state index in [1.807, 2.05) is 0 Å². The number of hydrogen-bond acceptors (Lipinski definition) is 1. The number of nitrogens with two attached hydrogens (primary N) is 1. The van der Waals surface area contributed by atoms with Gasteiger partial charge in [-0.15, -0.1) is 0 Å². The lowest BCUT2D eigenvalue weighted by molar-refractivity contribution is 0.504. The average Bonchev–Trinajstić information content (AvgIpc) is 1.27. The van der Waals surface area contributed by atoms with Gasteiger partial charge in [0.05, 0.1) is 0 Å². The van der Waals surface area contributed by atoms with Crippen LogP contribution in [-0.2, 0) is 0 Å². The highest BCUT2D eigenvalue weighted by molar-refractivity contribution is 4.50. The van der Waals surface area contributed by atoms with E-state index < -0.39 is 0 Å². The molecule has 1 aliphatic carbocycles. The Hall–Kier alpha value is -0.460. The molecule has 0 aliphatic heterocycles. The maximum Gasteiger partial charge on any atom is -0.0136 e. The first-order valence-corrected chi connectivity index (χ1v) is 2.74. The van der Waals surface area contributed by atoms with Gasteiger partial charge in [-0.05, 0) is 6.20 Å². The van der Waals surface area contributed by atoms with Gasteiger partial charge in [0, 0.05) is 0 Å². The zero-order valence-corrected chi connectivity index (χ0v) is 4.69. The standard InChI is InChI=1S/C4H8.C2H5N/c1-2-4-3-1;1-2-3/h1-4H2;2H,1,3H2. The highest BCUT2D eigenvalue weighted by Gasteiger charge is 1.95. The Labute approximate surface area is 45.2 Å². The van der Waals surface area contributed by atoms with Crippen LogP contribution in [0.2, 0.25) is 0 Å². The van der Waals surface area contributed by atoms with Gasteiger partial charge in [0.2, 0.25) is 0 Å². The first-order valence-electron chi connectivity index (χ1n) is 2.74. The fourth-order valence-electron chi connectivity index (χ4n) is 0.250. The first-order chi connectivity index (χ1) is 3.41. The summed E-state index contributed by atoms with van der Waals surface area (Å²) >= 11 is 0. The molecule has 0 saturated heterocycles. The van der Waals surface area contributed by atoms with Gasteiger partial charge < -0.3 is 5.73 Å². The monoisotopic (exact) mass is 99.1 g/mol. The third kappa shape index (κ3) is 5.54. The minimum atomic E-state index is 1.25. The molecule has 0 radical (unpaired) electrons. The van der Waals surface area contributed by atoms with Crippen molar-refractivity contribution in [1.82, 2.24) is 0 Å². The van der Waals surface area contributed by atoms with E-state index in [1.54, 1.807) is 0 Å². The van der Waals surface area contributed by atoms with E-state index >= 15 is 0 Å². The summed E-state index contributed by atoms with van der Waals surface area (Å²) in [5, 5.41) is 0. The van der Waals surface area contributed by atoms with E-state index in [2.05, 4.69) is 12.3 Å². The Kier molecular flexibility index (Phi) is 5.18. The lowest BCUT2D eigenvalue weighted by atomic mass is 10.0. The average molecular weight is 99.2 g/mol. The molecule has 0 aromatic heterocycles. The van der Waals surface area contributed by atoms with Gasteiger partial charge in [0.25, 0.3) is 0 Å². The van der Waals surface area contributed by atoms with Gasteiger partial charge in [-0.2, -0.15) is 0 Å². The molecule has 0 unspecified atom stereocenters. The molecule has 1 heteroatoms. The summed E-state index contributed by atoms with van der Waals surface area (Å²) in [5.74, 6) is 0. The number of rotatable bonds is 0. The fraction of sp³-hybridized carbons (Fsp3) is 0.667. The summed E-state index contributed by atoms with van der Waals surface area (Å²) in [6.07, 6.45) is 7.25. The van der Waals surface area contributed by atoms with Gasteiger partial charge in [0.15, 0.2) is 0 Å². The van der Waals surface area contributed by atoms with Crippen molar-refractivity contribution in [3.63, 3.8) is 0 Å². The normalized spacial score (nSPS) is 15.4. The first kappa shape index (κ1) is 6.54. The van der Waals surface area contributed by atoms with E-state index in [-0.39, 0.29) is 0 Å². The molecule has 1 fully saturated rings. The largest absolute Gasteiger partial charge is 0.405 e. The van der Waals surface area contributed by atoms with Gasteiger partial charge in [0.1, 0.15) is 0 Å². The van der Waals surface area contributed by atoms with E-state index in [1.165, 1.54) is 31.9 Å². The molecule has 0 bridgehead atoms. The molecule has 0 aromatic rings. The molecule has 1 aliphatic rings. The SMILES string of the molecule is C1CCC1.C=CN. The van der Waals surface area contributed by atoms with Crippen molar-refractivity contribution >= 4 is 0 Å². The smallest absolute Gasteiger partial charge is 0.0136 e. The van der Waals surface area contributed by atoms with Gasteiger partial charge in [-0.3, -0.25) is 0 Å². The second-order valence-electron chi connectivity index (χ2n) is 1.65. The molecule has 1 nitrogen and oxygen atoms in total. The van der Waals surface area contributed by atoms with E-state index in [9.17, 15) is 0 Å². The van der Waals surface area contributed by atoms with Crippen LogP contribution >= 0.6 is 0 Å². The molecule has 42 valence electrons. The topological polar surface area (TPSA) is 26.0 Å². The van der Waals surface area contributed by atoms with Crippen molar-refractivity contribution in [1.29, 1.82) is 0 Å². The molecule has 0 spiro atoms. The second kappa shape index (κ2) is 5.54. The van der Waals surface area contributed by atoms with Gasteiger partial charge in [-0.25, -0.2) is 0 Å². The van der Waals surface area contributed by atoms with Crippen LogP contribution in [0.1, 0.15) is 25.7 Å². The van der Waals surface area contributed by atoms with Crippen LogP contribution in [0, 0.1) is 0 Å². The highest BCUT2D eigenvalue weighted by atomic mass is 14.5. The molecule has 0 heterocycles. The highest BCUT2D eigenvalue weighted by Crippen LogP contribution is 2.15. The molecule has 0 atom stereocenters. The van der Waals surface area contributed by atoms with Crippen LogP contribution in [0.25, 0.3) is 0 Å². The van der Waals surface area contributed by atoms with Crippen molar-refractivity contribution in [3.05, 3.63) is 12.8 Å². The predicted molar refractivity (Wildman–Crippen MR) is 32.9 cm³/mol. The predicted octanol–water partition coefficient (Wildman–Crippen LogP) is 1.65. The zero-order valence-electron chi connectivity index (χ0n) is 4.69. The van der Waals surface area contributed by atoms with Crippen LogP contribution in [0.4, 0.5) is 0 Å². The summed E-state index contributed by atoms with van der Waals surface area (Å²) in [6.45, 7) is 3.14. The van der Waals surface area contributed by atoms with Crippen LogP contribution in [-0.4, -0.2) is 0 Å². The maximum absolute atomic E-state index is 4.61. The molecule has 0 aromatic carbocycles. The summed E-state index contributed by atoms with van der Waals surface area (Å²) < 4.78 is 0. The minimum absolute atomic E-state index is 1.25. The van der Waals surface area contributed by atoms with Gasteiger partial charge >= 0.3 is 0 Å². The lowest BCUT2D eigenvalue weighted by Gasteiger charge is -2.05. The second-order valence-corrected chi connectivity index (χ2v) is 1.65.